The first-order valence-corrected chi connectivity index (χ1v) is 11.9. The van der Waals surface area contributed by atoms with Crippen LogP contribution in [0.3, 0.4) is 0 Å². The number of pyridine rings is 1. The molecule has 36 heavy (non-hydrogen) atoms. The zero-order valence-electron chi connectivity index (χ0n) is 19.2. The summed E-state index contributed by atoms with van der Waals surface area (Å²) in [6.07, 6.45) is -3.11. The summed E-state index contributed by atoms with van der Waals surface area (Å²) in [7, 11) is 0. The number of hydrogen-bond acceptors (Lipinski definition) is 7. The van der Waals surface area contributed by atoms with Gasteiger partial charge in [-0.2, -0.15) is 18.2 Å². The number of morpholine rings is 1. The molecule has 0 aliphatic carbocycles. The number of piperazine rings is 1. The average Bonchev–Trinajstić information content (AvgIpc) is 2.90. The van der Waals surface area contributed by atoms with E-state index in [2.05, 4.69) is 9.97 Å². The van der Waals surface area contributed by atoms with Crippen LogP contribution in [0.5, 0.6) is 0 Å². The van der Waals surface area contributed by atoms with Gasteiger partial charge in [-0.05, 0) is 24.3 Å². The number of benzene rings is 1. The summed E-state index contributed by atoms with van der Waals surface area (Å²) >= 11 is 5.86. The molecule has 0 amide bonds. The van der Waals surface area contributed by atoms with Gasteiger partial charge in [0.1, 0.15) is 17.5 Å². The Labute approximate surface area is 210 Å². The van der Waals surface area contributed by atoms with Gasteiger partial charge in [-0.3, -0.25) is 0 Å². The largest absolute Gasteiger partial charge is 0.419 e. The molecule has 0 unspecified atom stereocenters. The molecule has 3 aromatic rings. The predicted octanol–water partition coefficient (Wildman–Crippen LogP) is 4.51. The molecule has 0 atom stereocenters. The molecular formula is C24H23ClF4N6O. The SMILES string of the molecule is Fc1cc(-c2cc(N3CCN(c4ncccc4C(F)(F)F)CC3)nc(N3CCOCC3)n2)ccc1Cl. The molecule has 5 rings (SSSR count). The number of aromatic nitrogens is 3. The summed E-state index contributed by atoms with van der Waals surface area (Å²) in [4.78, 5) is 19.1. The smallest absolute Gasteiger partial charge is 0.378 e. The second kappa shape index (κ2) is 10.1. The van der Waals surface area contributed by atoms with Crippen LogP contribution in [0.2, 0.25) is 5.02 Å². The van der Waals surface area contributed by atoms with Crippen molar-refractivity contribution in [2.75, 3.05) is 67.2 Å². The quantitative estimate of drug-likeness (QED) is 0.467. The van der Waals surface area contributed by atoms with E-state index in [1.807, 2.05) is 9.80 Å². The van der Waals surface area contributed by atoms with Crippen LogP contribution >= 0.6 is 11.6 Å². The number of nitrogens with zero attached hydrogens (tertiary/aromatic N) is 6. The zero-order valence-corrected chi connectivity index (χ0v) is 19.9. The van der Waals surface area contributed by atoms with E-state index in [0.717, 1.165) is 6.07 Å². The normalized spacial score (nSPS) is 17.0. The highest BCUT2D eigenvalue weighted by atomic mass is 35.5. The molecule has 2 aliphatic rings. The Kier molecular flexibility index (Phi) is 6.85. The van der Waals surface area contributed by atoms with Crippen LogP contribution in [-0.4, -0.2) is 67.4 Å². The van der Waals surface area contributed by atoms with Crippen molar-refractivity contribution in [2.24, 2.45) is 0 Å². The highest BCUT2D eigenvalue weighted by Gasteiger charge is 2.36. The molecule has 1 aromatic carbocycles. The molecule has 2 aromatic heterocycles. The third-order valence-electron chi connectivity index (χ3n) is 6.21. The fourth-order valence-corrected chi connectivity index (χ4v) is 4.43. The van der Waals surface area contributed by atoms with E-state index >= 15 is 0 Å². The Morgan fingerprint density at radius 3 is 2.28 bits per heavy atom. The molecule has 0 saturated carbocycles. The summed E-state index contributed by atoms with van der Waals surface area (Å²) in [6.45, 7) is 3.86. The van der Waals surface area contributed by atoms with Gasteiger partial charge in [0, 0.05) is 57.1 Å². The molecule has 2 saturated heterocycles. The van der Waals surface area contributed by atoms with Gasteiger partial charge in [0.25, 0.3) is 0 Å². The zero-order chi connectivity index (χ0) is 25.3. The number of hydrogen-bond donors (Lipinski definition) is 0. The number of anilines is 3. The minimum absolute atomic E-state index is 0.0188. The lowest BCUT2D eigenvalue weighted by molar-refractivity contribution is -0.137. The van der Waals surface area contributed by atoms with Gasteiger partial charge in [-0.25, -0.2) is 14.4 Å². The van der Waals surface area contributed by atoms with Crippen molar-refractivity contribution >= 4 is 29.2 Å². The molecular weight excluding hydrogens is 500 g/mol. The molecule has 7 nitrogen and oxygen atoms in total. The van der Waals surface area contributed by atoms with E-state index in [0.29, 0.717) is 75.5 Å². The minimum atomic E-state index is -4.48. The van der Waals surface area contributed by atoms with E-state index in [-0.39, 0.29) is 10.8 Å². The maximum atomic E-state index is 14.2. The molecule has 2 fully saturated rings. The minimum Gasteiger partial charge on any atom is -0.378 e. The summed E-state index contributed by atoms with van der Waals surface area (Å²) in [6, 6.07) is 8.60. The van der Waals surface area contributed by atoms with E-state index in [1.54, 1.807) is 17.0 Å². The summed E-state index contributed by atoms with van der Waals surface area (Å²) in [5, 5.41) is 0.0188. The van der Waals surface area contributed by atoms with E-state index in [9.17, 15) is 17.6 Å². The standard InChI is InChI=1S/C24H23ClF4N6O/c25-18-4-3-16(14-19(18)26)20-15-21(32-23(31-20)35-10-12-36-13-11-35)33-6-8-34(9-7-33)22-17(24(27,28)29)2-1-5-30-22/h1-5,14-15H,6-13H2. The lowest BCUT2D eigenvalue weighted by atomic mass is 10.1. The van der Waals surface area contributed by atoms with E-state index < -0.39 is 17.6 Å². The van der Waals surface area contributed by atoms with Gasteiger partial charge in [0.05, 0.1) is 29.5 Å². The van der Waals surface area contributed by atoms with Crippen molar-refractivity contribution in [2.45, 2.75) is 6.18 Å². The Morgan fingerprint density at radius 2 is 1.58 bits per heavy atom. The highest BCUT2D eigenvalue weighted by Crippen LogP contribution is 2.36. The second-order valence-corrected chi connectivity index (χ2v) is 8.89. The fraction of sp³-hybridized carbons (Fsp3) is 0.375. The van der Waals surface area contributed by atoms with E-state index in [1.165, 1.54) is 24.4 Å². The molecule has 4 heterocycles. The monoisotopic (exact) mass is 522 g/mol. The highest BCUT2D eigenvalue weighted by molar-refractivity contribution is 6.30. The summed E-state index contributed by atoms with van der Waals surface area (Å²) in [5.41, 5.74) is 0.336. The number of halogens is 5. The van der Waals surface area contributed by atoms with Gasteiger partial charge >= 0.3 is 6.18 Å². The van der Waals surface area contributed by atoms with Crippen LogP contribution in [0.15, 0.2) is 42.6 Å². The maximum Gasteiger partial charge on any atom is 0.419 e. The molecule has 2 aliphatic heterocycles. The average molecular weight is 523 g/mol. The van der Waals surface area contributed by atoms with Crippen molar-refractivity contribution in [1.29, 1.82) is 0 Å². The van der Waals surface area contributed by atoms with Crippen LogP contribution in [0.1, 0.15) is 5.56 Å². The molecule has 0 N–H and O–H groups in total. The van der Waals surface area contributed by atoms with Gasteiger partial charge < -0.3 is 19.4 Å². The molecule has 190 valence electrons. The van der Waals surface area contributed by atoms with Crippen LogP contribution < -0.4 is 14.7 Å². The Bertz CT molecular complexity index is 1230. The van der Waals surface area contributed by atoms with Crippen LogP contribution in [0.25, 0.3) is 11.3 Å². The predicted molar refractivity (Wildman–Crippen MR) is 129 cm³/mol. The summed E-state index contributed by atoms with van der Waals surface area (Å²) < 4.78 is 60.1. The van der Waals surface area contributed by atoms with Gasteiger partial charge in [-0.1, -0.05) is 17.7 Å². The third-order valence-corrected chi connectivity index (χ3v) is 6.51. The maximum absolute atomic E-state index is 14.2. The Hall–Kier alpha value is -3.18. The molecule has 0 spiro atoms. The van der Waals surface area contributed by atoms with Crippen LogP contribution in [-0.2, 0) is 10.9 Å². The molecule has 0 radical (unpaired) electrons. The van der Waals surface area contributed by atoms with Gasteiger partial charge in [0.15, 0.2) is 0 Å². The first-order chi connectivity index (χ1) is 17.3. The first-order valence-electron chi connectivity index (χ1n) is 11.5. The number of ether oxygens (including phenoxy) is 1. The third kappa shape index (κ3) is 5.17. The van der Waals surface area contributed by atoms with Crippen molar-refractivity contribution in [3.63, 3.8) is 0 Å². The second-order valence-electron chi connectivity index (χ2n) is 8.49. The van der Waals surface area contributed by atoms with E-state index in [4.69, 9.17) is 21.3 Å². The van der Waals surface area contributed by atoms with Crippen molar-refractivity contribution < 1.29 is 22.3 Å². The summed E-state index contributed by atoms with van der Waals surface area (Å²) in [5.74, 6) is 0.492. The fourth-order valence-electron chi connectivity index (χ4n) is 4.31. The van der Waals surface area contributed by atoms with Crippen molar-refractivity contribution in [3.8, 4) is 11.3 Å². The van der Waals surface area contributed by atoms with Crippen LogP contribution in [0, 0.1) is 5.82 Å². The van der Waals surface area contributed by atoms with Crippen LogP contribution in [0.4, 0.5) is 35.1 Å². The molecule has 0 bridgehead atoms. The Morgan fingerprint density at radius 1 is 0.861 bits per heavy atom. The number of alkyl halides is 3. The van der Waals surface area contributed by atoms with Gasteiger partial charge in [0.2, 0.25) is 5.95 Å². The molecule has 12 heteroatoms. The number of rotatable bonds is 4. The Balaban J connectivity index is 1.43. The van der Waals surface area contributed by atoms with Gasteiger partial charge in [-0.15, -0.1) is 0 Å². The lowest BCUT2D eigenvalue weighted by Gasteiger charge is -2.37. The lowest BCUT2D eigenvalue weighted by Crippen LogP contribution is -2.48. The van der Waals surface area contributed by atoms with Crippen molar-refractivity contribution in [1.82, 2.24) is 15.0 Å². The topological polar surface area (TPSA) is 57.6 Å². The van der Waals surface area contributed by atoms with Crippen molar-refractivity contribution in [3.05, 3.63) is 59.0 Å². The first kappa shape index (κ1) is 24.5.